The van der Waals surface area contributed by atoms with Crippen LogP contribution in [0, 0.1) is 0 Å². The first-order valence-corrected chi connectivity index (χ1v) is 9.13. The second kappa shape index (κ2) is 7.84. The highest BCUT2D eigenvalue weighted by molar-refractivity contribution is 5.76. The van der Waals surface area contributed by atoms with Gasteiger partial charge in [0.2, 0.25) is 5.91 Å². The van der Waals surface area contributed by atoms with Crippen LogP contribution in [0.15, 0.2) is 41.6 Å². The zero-order valence-electron chi connectivity index (χ0n) is 16.6. The molecule has 0 aliphatic rings. The molecular formula is C20H25N5O3. The number of aromatic nitrogens is 4. The van der Waals surface area contributed by atoms with Gasteiger partial charge in [-0.2, -0.15) is 5.10 Å². The third-order valence-electron chi connectivity index (χ3n) is 4.42. The van der Waals surface area contributed by atoms with Crippen LogP contribution < -0.4 is 15.6 Å². The molecule has 0 unspecified atom stereocenters. The van der Waals surface area contributed by atoms with Crippen molar-refractivity contribution in [2.45, 2.75) is 45.8 Å². The Morgan fingerprint density at radius 2 is 1.93 bits per heavy atom. The maximum Gasteiger partial charge on any atom is 0.264 e. The molecule has 148 valence electrons. The Labute approximate surface area is 163 Å². The van der Waals surface area contributed by atoms with Crippen molar-refractivity contribution in [2.24, 2.45) is 0 Å². The number of hydrogen-bond donors (Lipinski definition) is 1. The number of carbonyl (C=O) groups excluding carboxylic acids is 1. The zero-order chi connectivity index (χ0) is 20.3. The largest absolute Gasteiger partial charge is 0.497 e. The van der Waals surface area contributed by atoms with Crippen LogP contribution in [0.2, 0.25) is 0 Å². The predicted octanol–water partition coefficient (Wildman–Crippen LogP) is 2.06. The second-order valence-corrected chi connectivity index (χ2v) is 7.58. The van der Waals surface area contributed by atoms with Crippen molar-refractivity contribution in [1.82, 2.24) is 24.6 Å². The van der Waals surface area contributed by atoms with Gasteiger partial charge < -0.3 is 10.1 Å². The fourth-order valence-electron chi connectivity index (χ4n) is 2.85. The van der Waals surface area contributed by atoms with E-state index >= 15 is 0 Å². The maximum atomic E-state index is 12.6. The van der Waals surface area contributed by atoms with Gasteiger partial charge in [0, 0.05) is 19.5 Å². The van der Waals surface area contributed by atoms with E-state index in [0.29, 0.717) is 17.6 Å². The third kappa shape index (κ3) is 4.21. The first kappa shape index (κ1) is 19.6. The minimum absolute atomic E-state index is 0.131. The lowest BCUT2D eigenvalue weighted by atomic mass is 10.1. The van der Waals surface area contributed by atoms with Gasteiger partial charge in [0.05, 0.1) is 25.2 Å². The van der Waals surface area contributed by atoms with Crippen LogP contribution in [0.1, 0.15) is 32.8 Å². The lowest BCUT2D eigenvalue weighted by Gasteiger charge is -2.19. The first-order chi connectivity index (χ1) is 13.3. The second-order valence-electron chi connectivity index (χ2n) is 7.58. The molecule has 0 aliphatic heterocycles. The molecular weight excluding hydrogens is 358 g/mol. The third-order valence-corrected chi connectivity index (χ3v) is 4.42. The fraction of sp³-hybridized carbons (Fsp3) is 0.400. The normalized spacial score (nSPS) is 11.6. The maximum absolute atomic E-state index is 12.6. The van der Waals surface area contributed by atoms with E-state index in [1.807, 2.05) is 45.0 Å². The molecule has 1 amide bonds. The summed E-state index contributed by atoms with van der Waals surface area (Å²) in [5, 5.41) is 7.60. The number of ether oxygens (including phenoxy) is 1. The van der Waals surface area contributed by atoms with Crippen LogP contribution >= 0.6 is 0 Å². The van der Waals surface area contributed by atoms with E-state index in [4.69, 9.17) is 4.74 Å². The van der Waals surface area contributed by atoms with Crippen LogP contribution in [-0.4, -0.2) is 32.3 Å². The molecule has 1 N–H and O–H groups in total. The summed E-state index contributed by atoms with van der Waals surface area (Å²) in [5.74, 6) is 0.639. The Balaban J connectivity index is 1.62. The molecule has 0 bridgehead atoms. The number of benzene rings is 1. The highest BCUT2D eigenvalue weighted by atomic mass is 16.5. The van der Waals surface area contributed by atoms with Crippen LogP contribution in [0.5, 0.6) is 5.75 Å². The summed E-state index contributed by atoms with van der Waals surface area (Å²) in [6, 6.07) is 7.49. The number of carbonyl (C=O) groups is 1. The SMILES string of the molecule is COc1ccc(CNC(=O)CCn2cnc3c(cnn3C(C)(C)C)c2=O)cc1. The molecule has 3 aromatic rings. The number of aryl methyl sites for hydroxylation is 1. The molecule has 2 aromatic heterocycles. The van der Waals surface area contributed by atoms with Crippen molar-refractivity contribution in [3.63, 3.8) is 0 Å². The Morgan fingerprint density at radius 3 is 2.57 bits per heavy atom. The Kier molecular flexibility index (Phi) is 5.48. The molecule has 3 rings (SSSR count). The Morgan fingerprint density at radius 1 is 1.21 bits per heavy atom. The van der Waals surface area contributed by atoms with E-state index in [1.54, 1.807) is 11.8 Å². The standard InChI is InChI=1S/C20H25N5O3/c1-20(2,3)25-18-16(12-23-25)19(27)24(13-22-18)10-9-17(26)21-11-14-5-7-15(28-4)8-6-14/h5-8,12-13H,9-11H2,1-4H3,(H,21,26). The van der Waals surface area contributed by atoms with Crippen LogP contribution in [0.3, 0.4) is 0 Å². The molecule has 8 nitrogen and oxygen atoms in total. The lowest BCUT2D eigenvalue weighted by molar-refractivity contribution is -0.121. The van der Waals surface area contributed by atoms with Gasteiger partial charge in [-0.05, 0) is 38.5 Å². The molecule has 0 spiro atoms. The summed E-state index contributed by atoms with van der Waals surface area (Å²) >= 11 is 0. The molecule has 8 heteroatoms. The van der Waals surface area contributed by atoms with Crippen LogP contribution in [-0.2, 0) is 23.4 Å². The molecule has 2 heterocycles. The zero-order valence-corrected chi connectivity index (χ0v) is 16.6. The number of nitrogens with one attached hydrogen (secondary N) is 1. The van der Waals surface area contributed by atoms with Crippen molar-refractivity contribution in [1.29, 1.82) is 0 Å². The van der Waals surface area contributed by atoms with Gasteiger partial charge in [0.25, 0.3) is 5.56 Å². The van der Waals surface area contributed by atoms with Crippen molar-refractivity contribution in [3.8, 4) is 5.75 Å². The van der Waals surface area contributed by atoms with E-state index in [0.717, 1.165) is 11.3 Å². The number of methoxy groups -OCH3 is 1. The molecule has 0 saturated carbocycles. The minimum atomic E-state index is -0.269. The van der Waals surface area contributed by atoms with E-state index in [9.17, 15) is 9.59 Å². The van der Waals surface area contributed by atoms with Crippen molar-refractivity contribution < 1.29 is 9.53 Å². The molecule has 0 saturated heterocycles. The topological polar surface area (TPSA) is 91.0 Å². The van der Waals surface area contributed by atoms with E-state index in [2.05, 4.69) is 15.4 Å². The fourth-order valence-corrected chi connectivity index (χ4v) is 2.85. The average Bonchev–Trinajstić information content (AvgIpc) is 3.11. The predicted molar refractivity (Wildman–Crippen MR) is 106 cm³/mol. The van der Waals surface area contributed by atoms with Crippen LogP contribution in [0.4, 0.5) is 0 Å². The van der Waals surface area contributed by atoms with Crippen molar-refractivity contribution in [3.05, 3.63) is 52.7 Å². The smallest absolute Gasteiger partial charge is 0.264 e. The average molecular weight is 383 g/mol. The lowest BCUT2D eigenvalue weighted by Crippen LogP contribution is -2.28. The summed E-state index contributed by atoms with van der Waals surface area (Å²) in [4.78, 5) is 29.2. The molecule has 0 fully saturated rings. The summed E-state index contributed by atoms with van der Waals surface area (Å²) in [5.41, 5.74) is 1.07. The monoisotopic (exact) mass is 383 g/mol. The Hall–Kier alpha value is -3.16. The number of rotatable bonds is 6. The minimum Gasteiger partial charge on any atom is -0.497 e. The quantitative estimate of drug-likeness (QED) is 0.704. The highest BCUT2D eigenvalue weighted by Crippen LogP contribution is 2.17. The van der Waals surface area contributed by atoms with Gasteiger partial charge in [-0.3, -0.25) is 14.2 Å². The van der Waals surface area contributed by atoms with Crippen molar-refractivity contribution in [2.75, 3.05) is 7.11 Å². The number of nitrogens with zero attached hydrogens (tertiary/aromatic N) is 4. The summed E-state index contributed by atoms with van der Waals surface area (Å²) in [6.07, 6.45) is 3.21. The van der Waals surface area contributed by atoms with Crippen molar-refractivity contribution >= 4 is 16.9 Å². The van der Waals surface area contributed by atoms with Gasteiger partial charge in [-0.25, -0.2) is 9.67 Å². The van der Waals surface area contributed by atoms with E-state index in [-0.39, 0.29) is 30.0 Å². The Bertz CT molecular complexity index is 1030. The van der Waals surface area contributed by atoms with E-state index in [1.165, 1.54) is 17.1 Å². The molecule has 0 atom stereocenters. The van der Waals surface area contributed by atoms with Gasteiger partial charge >= 0.3 is 0 Å². The number of fused-ring (bicyclic) bond motifs is 1. The van der Waals surface area contributed by atoms with E-state index < -0.39 is 0 Å². The molecule has 0 radical (unpaired) electrons. The first-order valence-electron chi connectivity index (χ1n) is 9.13. The van der Waals surface area contributed by atoms with Crippen LogP contribution in [0.25, 0.3) is 11.0 Å². The van der Waals surface area contributed by atoms with Gasteiger partial charge in [0.15, 0.2) is 5.65 Å². The summed E-state index contributed by atoms with van der Waals surface area (Å²) in [7, 11) is 1.61. The molecule has 0 aliphatic carbocycles. The van der Waals surface area contributed by atoms with Gasteiger partial charge in [-0.1, -0.05) is 12.1 Å². The number of hydrogen-bond acceptors (Lipinski definition) is 5. The molecule has 28 heavy (non-hydrogen) atoms. The summed E-state index contributed by atoms with van der Waals surface area (Å²) < 4.78 is 8.29. The molecule has 1 aromatic carbocycles. The van der Waals surface area contributed by atoms with Gasteiger partial charge in [0.1, 0.15) is 11.1 Å². The van der Waals surface area contributed by atoms with Gasteiger partial charge in [-0.15, -0.1) is 0 Å². The summed E-state index contributed by atoms with van der Waals surface area (Å²) in [6.45, 7) is 6.68. The number of amides is 1. The highest BCUT2D eigenvalue weighted by Gasteiger charge is 2.19.